The first kappa shape index (κ1) is 21.3. The van der Waals surface area contributed by atoms with Crippen molar-refractivity contribution in [2.24, 2.45) is 0 Å². The number of halogens is 2. The molecule has 1 atom stereocenters. The van der Waals surface area contributed by atoms with E-state index in [9.17, 15) is 9.59 Å². The van der Waals surface area contributed by atoms with E-state index in [4.69, 9.17) is 23.2 Å². The quantitative estimate of drug-likeness (QED) is 0.740. The first-order valence-electron chi connectivity index (χ1n) is 8.86. The maximum Gasteiger partial charge on any atom is 0.242 e. The number of rotatable bonds is 7. The predicted octanol–water partition coefficient (Wildman–Crippen LogP) is 4.40. The van der Waals surface area contributed by atoms with Crippen LogP contribution in [0.1, 0.15) is 30.0 Å². The molecule has 0 saturated carbocycles. The normalized spacial score (nSPS) is 11.7. The minimum Gasteiger partial charge on any atom is -0.357 e. The number of carbonyl (C=O) groups excluding carboxylic acids is 2. The lowest BCUT2D eigenvalue weighted by Gasteiger charge is -2.30. The van der Waals surface area contributed by atoms with Gasteiger partial charge in [0.05, 0.1) is 16.5 Å². The fourth-order valence-electron chi connectivity index (χ4n) is 3.02. The summed E-state index contributed by atoms with van der Waals surface area (Å²) in [5.74, 6) is -0.307. The molecule has 0 aliphatic heterocycles. The topological polar surface area (TPSA) is 49.4 Å². The third-order valence-corrected chi connectivity index (χ3v) is 5.15. The van der Waals surface area contributed by atoms with E-state index in [1.807, 2.05) is 38.1 Å². The zero-order valence-corrected chi connectivity index (χ0v) is 17.3. The van der Waals surface area contributed by atoms with Crippen LogP contribution in [0.3, 0.4) is 0 Å². The maximum absolute atomic E-state index is 13.1. The molecule has 6 heteroatoms. The fraction of sp³-hybridized carbons (Fsp3) is 0.333. The van der Waals surface area contributed by atoms with Crippen molar-refractivity contribution in [3.05, 3.63) is 69.2 Å². The highest BCUT2D eigenvalue weighted by Gasteiger charge is 2.28. The summed E-state index contributed by atoms with van der Waals surface area (Å²) in [7, 11) is 1.58. The average Bonchev–Trinajstić information content (AvgIpc) is 2.64. The van der Waals surface area contributed by atoms with Crippen LogP contribution in [0.5, 0.6) is 0 Å². The van der Waals surface area contributed by atoms with Crippen LogP contribution in [-0.4, -0.2) is 29.8 Å². The zero-order chi connectivity index (χ0) is 20.0. The van der Waals surface area contributed by atoms with Crippen molar-refractivity contribution in [1.82, 2.24) is 10.2 Å². The van der Waals surface area contributed by atoms with E-state index in [-0.39, 0.29) is 18.2 Å². The molecule has 0 bridgehead atoms. The molecule has 4 nitrogen and oxygen atoms in total. The lowest BCUT2D eigenvalue weighted by Crippen LogP contribution is -2.48. The van der Waals surface area contributed by atoms with Crippen LogP contribution in [0.15, 0.2) is 42.5 Å². The Morgan fingerprint density at radius 2 is 1.81 bits per heavy atom. The van der Waals surface area contributed by atoms with Crippen molar-refractivity contribution >= 4 is 35.0 Å². The molecule has 2 aromatic carbocycles. The van der Waals surface area contributed by atoms with Crippen molar-refractivity contribution in [3.8, 4) is 0 Å². The van der Waals surface area contributed by atoms with Crippen LogP contribution in [-0.2, 0) is 22.6 Å². The van der Waals surface area contributed by atoms with Crippen LogP contribution in [0.2, 0.25) is 10.0 Å². The van der Waals surface area contributed by atoms with E-state index in [0.29, 0.717) is 23.0 Å². The molecule has 144 valence electrons. The number of amides is 2. The number of likely N-dealkylation sites (N-methyl/N-ethyl adjacent to an activating group) is 1. The van der Waals surface area contributed by atoms with Gasteiger partial charge in [-0.1, -0.05) is 66.0 Å². The lowest BCUT2D eigenvalue weighted by atomic mass is 10.1. The van der Waals surface area contributed by atoms with Gasteiger partial charge >= 0.3 is 0 Å². The second-order valence-electron chi connectivity index (χ2n) is 6.47. The molecular formula is C21H24Cl2N2O2. The van der Waals surface area contributed by atoms with E-state index in [2.05, 4.69) is 5.32 Å². The van der Waals surface area contributed by atoms with Gasteiger partial charge in [-0.2, -0.15) is 0 Å². The van der Waals surface area contributed by atoms with Gasteiger partial charge < -0.3 is 10.2 Å². The Balaban J connectivity index is 2.30. The minimum absolute atomic E-state index is 0.134. The van der Waals surface area contributed by atoms with Crippen molar-refractivity contribution in [3.63, 3.8) is 0 Å². The molecule has 2 aromatic rings. The number of nitrogens with zero attached hydrogens (tertiary/aromatic N) is 1. The molecule has 0 fully saturated rings. The van der Waals surface area contributed by atoms with E-state index >= 15 is 0 Å². The molecule has 0 spiro atoms. The molecular weight excluding hydrogens is 383 g/mol. The molecule has 2 amide bonds. The first-order valence-corrected chi connectivity index (χ1v) is 9.61. The third-order valence-electron chi connectivity index (χ3n) is 4.41. The number of aryl methyl sites for hydroxylation is 1. The molecule has 1 unspecified atom stereocenters. The second kappa shape index (κ2) is 9.77. The number of carbonyl (C=O) groups is 2. The SMILES string of the molecule is CCC(C(=O)NC)N(Cc1cccc(C)c1)C(=O)Cc1ccc(Cl)c(Cl)c1. The Morgan fingerprint density at radius 3 is 2.41 bits per heavy atom. The number of nitrogens with one attached hydrogen (secondary N) is 1. The highest BCUT2D eigenvalue weighted by Crippen LogP contribution is 2.23. The van der Waals surface area contributed by atoms with Gasteiger partial charge in [0.25, 0.3) is 0 Å². The van der Waals surface area contributed by atoms with Gasteiger partial charge in [0.2, 0.25) is 11.8 Å². The van der Waals surface area contributed by atoms with Crippen LogP contribution in [0.4, 0.5) is 0 Å². The van der Waals surface area contributed by atoms with E-state index in [1.165, 1.54) is 0 Å². The van der Waals surface area contributed by atoms with Gasteiger partial charge in [0.1, 0.15) is 6.04 Å². The predicted molar refractivity (Wildman–Crippen MR) is 110 cm³/mol. The fourth-order valence-corrected chi connectivity index (χ4v) is 3.34. The zero-order valence-electron chi connectivity index (χ0n) is 15.8. The summed E-state index contributed by atoms with van der Waals surface area (Å²) in [4.78, 5) is 27.1. The van der Waals surface area contributed by atoms with Gasteiger partial charge in [0.15, 0.2) is 0 Å². The van der Waals surface area contributed by atoms with Gasteiger partial charge in [-0.25, -0.2) is 0 Å². The molecule has 0 aliphatic carbocycles. The van der Waals surface area contributed by atoms with Crippen LogP contribution in [0.25, 0.3) is 0 Å². The number of benzene rings is 2. The Bertz CT molecular complexity index is 824. The van der Waals surface area contributed by atoms with E-state index in [1.54, 1.807) is 30.1 Å². The van der Waals surface area contributed by atoms with Gasteiger partial charge in [-0.15, -0.1) is 0 Å². The van der Waals surface area contributed by atoms with Gasteiger partial charge in [-0.05, 0) is 36.6 Å². The summed E-state index contributed by atoms with van der Waals surface area (Å²) < 4.78 is 0. The standard InChI is InChI=1S/C21H24Cl2N2O2/c1-4-19(21(27)24-3)25(13-16-7-5-6-14(2)10-16)20(26)12-15-8-9-17(22)18(23)11-15/h5-11,19H,4,12-13H2,1-3H3,(H,24,27). The number of hydrogen-bond donors (Lipinski definition) is 1. The molecule has 0 aromatic heterocycles. The summed E-state index contributed by atoms with van der Waals surface area (Å²) in [5.41, 5.74) is 2.85. The Kier molecular flexibility index (Phi) is 7.69. The molecule has 0 radical (unpaired) electrons. The summed E-state index contributed by atoms with van der Waals surface area (Å²) in [5, 5.41) is 3.51. The highest BCUT2D eigenvalue weighted by molar-refractivity contribution is 6.42. The minimum atomic E-state index is -0.536. The molecule has 1 N–H and O–H groups in total. The number of hydrogen-bond acceptors (Lipinski definition) is 2. The van der Waals surface area contributed by atoms with Crippen LogP contribution >= 0.6 is 23.2 Å². The Morgan fingerprint density at radius 1 is 1.07 bits per heavy atom. The summed E-state index contributed by atoms with van der Waals surface area (Å²) in [6, 6.07) is 12.5. The van der Waals surface area contributed by atoms with Crippen LogP contribution < -0.4 is 5.32 Å². The molecule has 2 rings (SSSR count). The monoisotopic (exact) mass is 406 g/mol. The highest BCUT2D eigenvalue weighted by atomic mass is 35.5. The van der Waals surface area contributed by atoms with Crippen LogP contribution in [0, 0.1) is 6.92 Å². The Labute approximate surface area is 170 Å². The second-order valence-corrected chi connectivity index (χ2v) is 7.29. The Hall–Kier alpha value is -2.04. The average molecular weight is 407 g/mol. The van der Waals surface area contributed by atoms with Gasteiger partial charge in [-0.3, -0.25) is 9.59 Å². The molecule has 27 heavy (non-hydrogen) atoms. The third kappa shape index (κ3) is 5.72. The van der Waals surface area contributed by atoms with Gasteiger partial charge in [0, 0.05) is 13.6 Å². The van der Waals surface area contributed by atoms with E-state index < -0.39 is 6.04 Å². The lowest BCUT2D eigenvalue weighted by molar-refractivity contribution is -0.140. The first-order chi connectivity index (χ1) is 12.8. The summed E-state index contributed by atoms with van der Waals surface area (Å²) >= 11 is 12.0. The molecule has 0 aliphatic rings. The summed E-state index contributed by atoms with van der Waals surface area (Å²) in [6.45, 7) is 4.27. The van der Waals surface area contributed by atoms with Crippen molar-refractivity contribution < 1.29 is 9.59 Å². The molecule has 0 saturated heterocycles. The largest absolute Gasteiger partial charge is 0.357 e. The van der Waals surface area contributed by atoms with Crippen molar-refractivity contribution in [2.45, 2.75) is 39.3 Å². The van der Waals surface area contributed by atoms with E-state index in [0.717, 1.165) is 16.7 Å². The summed E-state index contributed by atoms with van der Waals surface area (Å²) in [6.07, 6.45) is 0.675. The van der Waals surface area contributed by atoms with Crippen molar-refractivity contribution in [1.29, 1.82) is 0 Å². The smallest absolute Gasteiger partial charge is 0.242 e. The van der Waals surface area contributed by atoms with Crippen molar-refractivity contribution in [2.75, 3.05) is 7.05 Å². The maximum atomic E-state index is 13.1. The molecule has 0 heterocycles.